The van der Waals surface area contributed by atoms with Crippen LogP contribution >= 0.6 is 11.3 Å². The van der Waals surface area contributed by atoms with Gasteiger partial charge in [-0.1, -0.05) is 26.0 Å². The summed E-state index contributed by atoms with van der Waals surface area (Å²) in [5.41, 5.74) is 2.92. The quantitative estimate of drug-likeness (QED) is 0.856. The third-order valence-corrected chi connectivity index (χ3v) is 4.06. The van der Waals surface area contributed by atoms with Crippen molar-refractivity contribution >= 4 is 17.2 Å². The average molecular weight is 288 g/mol. The van der Waals surface area contributed by atoms with Crippen LogP contribution in [0.4, 0.5) is 0 Å². The topological polar surface area (TPSA) is 33.2 Å². The summed E-state index contributed by atoms with van der Waals surface area (Å²) >= 11 is 1.61. The first-order chi connectivity index (χ1) is 9.47. The van der Waals surface area contributed by atoms with Crippen LogP contribution in [-0.2, 0) is 6.54 Å². The zero-order chi connectivity index (χ0) is 14.7. The Morgan fingerprint density at radius 1 is 1.30 bits per heavy atom. The number of carbonyl (C=O) groups excluding carboxylic acids is 1. The van der Waals surface area contributed by atoms with E-state index in [1.807, 2.05) is 43.6 Å². The monoisotopic (exact) mass is 288 g/mol. The molecule has 2 aromatic rings. The summed E-state index contributed by atoms with van der Waals surface area (Å²) < 4.78 is 0. The van der Waals surface area contributed by atoms with Gasteiger partial charge >= 0.3 is 0 Å². The largest absolute Gasteiger partial charge is 0.336 e. The van der Waals surface area contributed by atoms with E-state index in [4.69, 9.17) is 0 Å². The first-order valence-corrected chi connectivity index (χ1v) is 7.61. The van der Waals surface area contributed by atoms with Gasteiger partial charge in [0.1, 0.15) is 0 Å². The first-order valence-electron chi connectivity index (χ1n) is 6.74. The number of aromatic nitrogens is 1. The van der Waals surface area contributed by atoms with Crippen LogP contribution in [0.5, 0.6) is 0 Å². The lowest BCUT2D eigenvalue weighted by Crippen LogP contribution is -2.26. The Hall–Kier alpha value is -1.68. The van der Waals surface area contributed by atoms with E-state index < -0.39 is 0 Å². The van der Waals surface area contributed by atoms with Crippen LogP contribution in [0.1, 0.15) is 46.4 Å². The molecule has 0 spiro atoms. The zero-order valence-electron chi connectivity index (χ0n) is 12.4. The van der Waals surface area contributed by atoms with Crippen molar-refractivity contribution in [3.05, 3.63) is 51.5 Å². The molecule has 0 radical (unpaired) electrons. The molecule has 20 heavy (non-hydrogen) atoms. The standard InChI is InChI=1S/C16H20N2OS/c1-11(2)13-5-7-14(8-6-13)16(19)18(4)9-15-10-20-12(3)17-15/h5-8,10-11H,9H2,1-4H3. The van der Waals surface area contributed by atoms with E-state index in [-0.39, 0.29) is 5.91 Å². The average Bonchev–Trinajstić information content (AvgIpc) is 2.83. The van der Waals surface area contributed by atoms with E-state index in [2.05, 4.69) is 18.8 Å². The Morgan fingerprint density at radius 3 is 2.45 bits per heavy atom. The molecule has 1 aromatic heterocycles. The van der Waals surface area contributed by atoms with Gasteiger partial charge in [0.25, 0.3) is 5.91 Å². The number of benzene rings is 1. The fraction of sp³-hybridized carbons (Fsp3) is 0.375. The fourth-order valence-corrected chi connectivity index (χ4v) is 2.63. The first kappa shape index (κ1) is 14.7. The van der Waals surface area contributed by atoms with Crippen molar-refractivity contribution in [3.8, 4) is 0 Å². The summed E-state index contributed by atoms with van der Waals surface area (Å²) in [4.78, 5) is 18.4. The summed E-state index contributed by atoms with van der Waals surface area (Å²) in [6.45, 7) is 6.82. The van der Waals surface area contributed by atoms with Gasteiger partial charge in [-0.25, -0.2) is 4.98 Å². The second-order valence-corrected chi connectivity index (χ2v) is 6.36. The highest BCUT2D eigenvalue weighted by atomic mass is 32.1. The number of hydrogen-bond donors (Lipinski definition) is 0. The summed E-state index contributed by atoms with van der Waals surface area (Å²) in [6.07, 6.45) is 0. The molecule has 0 aliphatic carbocycles. The minimum absolute atomic E-state index is 0.0333. The predicted molar refractivity (Wildman–Crippen MR) is 83.2 cm³/mol. The van der Waals surface area contributed by atoms with Crippen LogP contribution < -0.4 is 0 Å². The van der Waals surface area contributed by atoms with Crippen molar-refractivity contribution in [1.82, 2.24) is 9.88 Å². The van der Waals surface area contributed by atoms with Gasteiger partial charge in [-0.05, 0) is 30.5 Å². The normalized spacial score (nSPS) is 10.8. The number of nitrogens with zero attached hydrogens (tertiary/aromatic N) is 2. The molecule has 0 N–H and O–H groups in total. The molecule has 0 fully saturated rings. The smallest absolute Gasteiger partial charge is 0.253 e. The number of thiazole rings is 1. The van der Waals surface area contributed by atoms with Crippen molar-refractivity contribution in [3.63, 3.8) is 0 Å². The summed E-state index contributed by atoms with van der Waals surface area (Å²) in [7, 11) is 1.81. The molecular formula is C16H20N2OS. The maximum atomic E-state index is 12.3. The van der Waals surface area contributed by atoms with Crippen LogP contribution in [-0.4, -0.2) is 22.8 Å². The highest BCUT2D eigenvalue weighted by Crippen LogP contribution is 2.16. The molecule has 1 amide bonds. The molecule has 0 saturated carbocycles. The third-order valence-electron chi connectivity index (χ3n) is 3.24. The van der Waals surface area contributed by atoms with Crippen LogP contribution in [0, 0.1) is 6.92 Å². The van der Waals surface area contributed by atoms with E-state index in [9.17, 15) is 4.79 Å². The fourth-order valence-electron chi connectivity index (χ4n) is 2.03. The van der Waals surface area contributed by atoms with Crippen LogP contribution in [0.15, 0.2) is 29.6 Å². The lowest BCUT2D eigenvalue weighted by molar-refractivity contribution is 0.0783. The molecule has 2 rings (SSSR count). The Bertz CT molecular complexity index is 587. The van der Waals surface area contributed by atoms with E-state index in [0.717, 1.165) is 16.3 Å². The van der Waals surface area contributed by atoms with Crippen molar-refractivity contribution in [1.29, 1.82) is 0 Å². The molecule has 0 aliphatic rings. The van der Waals surface area contributed by atoms with Gasteiger partial charge in [-0.3, -0.25) is 4.79 Å². The molecule has 0 saturated heterocycles. The van der Waals surface area contributed by atoms with Crippen molar-refractivity contribution in [2.24, 2.45) is 0 Å². The number of carbonyl (C=O) groups is 1. The van der Waals surface area contributed by atoms with E-state index >= 15 is 0 Å². The minimum Gasteiger partial charge on any atom is -0.336 e. The second kappa shape index (κ2) is 6.18. The molecule has 0 atom stereocenters. The minimum atomic E-state index is 0.0333. The molecule has 0 unspecified atom stereocenters. The number of hydrogen-bond acceptors (Lipinski definition) is 3. The van der Waals surface area contributed by atoms with E-state index in [0.29, 0.717) is 12.5 Å². The Labute approximate surface area is 124 Å². The molecule has 1 aromatic carbocycles. The highest BCUT2D eigenvalue weighted by molar-refractivity contribution is 7.09. The molecule has 4 heteroatoms. The van der Waals surface area contributed by atoms with Gasteiger partial charge in [0.2, 0.25) is 0 Å². The number of aryl methyl sites for hydroxylation is 1. The molecule has 0 aliphatic heterocycles. The molecule has 3 nitrogen and oxygen atoms in total. The highest BCUT2D eigenvalue weighted by Gasteiger charge is 2.13. The summed E-state index contributed by atoms with van der Waals surface area (Å²) in [5, 5.41) is 3.03. The Kier molecular flexibility index (Phi) is 4.55. The van der Waals surface area contributed by atoms with E-state index in [1.54, 1.807) is 16.2 Å². The lowest BCUT2D eigenvalue weighted by Gasteiger charge is -2.16. The summed E-state index contributed by atoms with van der Waals surface area (Å²) in [6, 6.07) is 7.86. The van der Waals surface area contributed by atoms with Crippen LogP contribution in [0.25, 0.3) is 0 Å². The van der Waals surface area contributed by atoms with Crippen LogP contribution in [0.3, 0.4) is 0 Å². The Morgan fingerprint density at radius 2 is 1.95 bits per heavy atom. The van der Waals surface area contributed by atoms with Crippen LogP contribution in [0.2, 0.25) is 0 Å². The SMILES string of the molecule is Cc1nc(CN(C)C(=O)c2ccc(C(C)C)cc2)cs1. The zero-order valence-corrected chi connectivity index (χ0v) is 13.2. The van der Waals surface area contributed by atoms with Gasteiger partial charge in [0, 0.05) is 18.0 Å². The molecular weight excluding hydrogens is 268 g/mol. The van der Waals surface area contributed by atoms with Crippen molar-refractivity contribution < 1.29 is 4.79 Å². The molecule has 0 bridgehead atoms. The number of rotatable bonds is 4. The van der Waals surface area contributed by atoms with Crippen molar-refractivity contribution in [2.45, 2.75) is 33.2 Å². The number of amides is 1. The lowest BCUT2D eigenvalue weighted by atomic mass is 10.0. The second-order valence-electron chi connectivity index (χ2n) is 5.30. The van der Waals surface area contributed by atoms with E-state index in [1.165, 1.54) is 5.56 Å². The van der Waals surface area contributed by atoms with Gasteiger partial charge in [-0.15, -0.1) is 11.3 Å². The van der Waals surface area contributed by atoms with Gasteiger partial charge < -0.3 is 4.90 Å². The van der Waals surface area contributed by atoms with Gasteiger partial charge in [0.15, 0.2) is 0 Å². The molecule has 106 valence electrons. The predicted octanol–water partition coefficient (Wildman–Crippen LogP) is 3.85. The maximum absolute atomic E-state index is 12.3. The molecule has 1 heterocycles. The van der Waals surface area contributed by atoms with Crippen molar-refractivity contribution in [2.75, 3.05) is 7.05 Å². The maximum Gasteiger partial charge on any atom is 0.253 e. The van der Waals surface area contributed by atoms with Gasteiger partial charge in [0.05, 0.1) is 17.2 Å². The third kappa shape index (κ3) is 3.45. The van der Waals surface area contributed by atoms with Gasteiger partial charge in [-0.2, -0.15) is 0 Å². The summed E-state index contributed by atoms with van der Waals surface area (Å²) in [5.74, 6) is 0.515. The Balaban J connectivity index is 2.06.